The van der Waals surface area contributed by atoms with Crippen molar-refractivity contribution in [3.8, 4) is 11.8 Å². The molecule has 0 saturated heterocycles. The molecule has 1 N–H and O–H groups in total. The van der Waals surface area contributed by atoms with E-state index in [1.54, 1.807) is 24.3 Å². The quantitative estimate of drug-likeness (QED) is 0.0414. The lowest BCUT2D eigenvalue weighted by Crippen LogP contribution is -2.47. The van der Waals surface area contributed by atoms with E-state index in [-0.39, 0.29) is 55.5 Å². The Kier molecular flexibility index (Phi) is 20.2. The van der Waals surface area contributed by atoms with Crippen LogP contribution in [0.15, 0.2) is 146 Å². The third-order valence-corrected chi connectivity index (χ3v) is 12.5. The van der Waals surface area contributed by atoms with Gasteiger partial charge in [0.2, 0.25) is 0 Å². The van der Waals surface area contributed by atoms with Crippen molar-refractivity contribution in [1.82, 2.24) is 4.90 Å². The Balaban J connectivity index is 1.14. The SMILES string of the molecule is CCCC[C@@H](C)[C@@H](OCc1ccccc1)[C@H](C[C@@H](C)C[C@@H](CC#CC[C@@H](O)C[C@H](OCc1ccccc1)[C@H](C)N1C(=O)c2ccccc2C1=O)OCc1ccccc1)OCc1ccccc1. The first-order valence-corrected chi connectivity index (χ1v) is 23.9. The van der Waals surface area contributed by atoms with Gasteiger partial charge in [-0.3, -0.25) is 14.5 Å². The van der Waals surface area contributed by atoms with Gasteiger partial charge in [0.1, 0.15) is 0 Å². The normalized spacial score (nSPS) is 16.0. The predicted molar refractivity (Wildman–Crippen MR) is 261 cm³/mol. The summed E-state index contributed by atoms with van der Waals surface area (Å²) >= 11 is 0. The van der Waals surface area contributed by atoms with Gasteiger partial charge in [-0.05, 0) is 72.4 Å². The second kappa shape index (κ2) is 26.7. The van der Waals surface area contributed by atoms with E-state index in [9.17, 15) is 14.7 Å². The van der Waals surface area contributed by atoms with Crippen LogP contribution in [-0.4, -0.2) is 58.4 Å². The third-order valence-electron chi connectivity index (χ3n) is 12.5. The number of aliphatic hydroxyl groups is 1. The zero-order valence-corrected chi connectivity index (χ0v) is 39.3. The maximum atomic E-state index is 13.5. The van der Waals surface area contributed by atoms with Gasteiger partial charge >= 0.3 is 0 Å². The summed E-state index contributed by atoms with van der Waals surface area (Å²) in [4.78, 5) is 28.2. The van der Waals surface area contributed by atoms with Crippen LogP contribution >= 0.6 is 0 Å². The van der Waals surface area contributed by atoms with Crippen molar-refractivity contribution in [3.05, 3.63) is 179 Å². The minimum Gasteiger partial charge on any atom is -0.392 e. The molecule has 0 saturated carbocycles. The molecular formula is C58H69NO7. The summed E-state index contributed by atoms with van der Waals surface area (Å²) in [6.07, 6.45) is 3.82. The second-order valence-corrected chi connectivity index (χ2v) is 18.0. The van der Waals surface area contributed by atoms with E-state index >= 15 is 0 Å². The molecule has 0 bridgehead atoms. The molecule has 1 heterocycles. The zero-order chi connectivity index (χ0) is 46.5. The van der Waals surface area contributed by atoms with Crippen molar-refractivity contribution in [1.29, 1.82) is 0 Å². The van der Waals surface area contributed by atoms with Crippen LogP contribution in [0.3, 0.4) is 0 Å². The van der Waals surface area contributed by atoms with Crippen LogP contribution in [0.1, 0.15) is 122 Å². The molecule has 6 rings (SSSR count). The van der Waals surface area contributed by atoms with Crippen molar-refractivity contribution in [2.75, 3.05) is 0 Å². The Morgan fingerprint density at radius 3 is 1.47 bits per heavy atom. The van der Waals surface area contributed by atoms with Crippen LogP contribution in [0.4, 0.5) is 0 Å². The summed E-state index contributed by atoms with van der Waals surface area (Å²) in [6.45, 7) is 10.4. The minimum absolute atomic E-state index is 0.104. The van der Waals surface area contributed by atoms with Crippen molar-refractivity contribution >= 4 is 11.8 Å². The van der Waals surface area contributed by atoms with E-state index in [2.05, 4.69) is 93.3 Å². The number of nitrogens with zero attached hydrogens (tertiary/aromatic N) is 1. The van der Waals surface area contributed by atoms with E-state index < -0.39 is 18.2 Å². The van der Waals surface area contributed by atoms with Gasteiger partial charge in [0.25, 0.3) is 11.8 Å². The van der Waals surface area contributed by atoms with Crippen LogP contribution in [0.5, 0.6) is 0 Å². The van der Waals surface area contributed by atoms with E-state index in [0.29, 0.717) is 43.3 Å². The number of ether oxygens (including phenoxy) is 4. The number of hydrogen-bond donors (Lipinski definition) is 1. The molecule has 0 radical (unpaired) electrons. The summed E-state index contributed by atoms with van der Waals surface area (Å²) in [5, 5.41) is 11.4. The molecular weight excluding hydrogens is 823 g/mol. The van der Waals surface area contributed by atoms with E-state index in [4.69, 9.17) is 18.9 Å². The standard InChI is InChI=1S/C58H69NO7/c1-5-6-23-44(3)56(66-42-49-30-17-10-18-31-49)55(65-41-48-28-15-9-16-29-48)37-43(2)36-51(63-39-46-24-11-7-12-25-46)33-20-19-32-50(60)38-54(64-40-47-26-13-8-14-27-47)45(4)59-57(61)52-34-21-22-35-53(52)58(59)62/h7-18,21-22,24-31,34-35,43-45,50-51,54-56,60H,5-6,23,32-33,36-42H2,1-4H3/t43-,44+,45-,50+,51+,54-,55-,56+/m0/s1. The Hall–Kier alpha value is -5.40. The highest BCUT2D eigenvalue weighted by Gasteiger charge is 2.41. The molecule has 348 valence electrons. The second-order valence-electron chi connectivity index (χ2n) is 18.0. The molecule has 0 aromatic heterocycles. The van der Waals surface area contributed by atoms with Crippen molar-refractivity contribution in [3.63, 3.8) is 0 Å². The lowest BCUT2D eigenvalue weighted by Gasteiger charge is -2.34. The summed E-state index contributed by atoms with van der Waals surface area (Å²) in [6, 6.07) is 46.9. The number of rotatable bonds is 27. The number of aliphatic hydroxyl groups excluding tert-OH is 1. The van der Waals surface area contributed by atoms with Gasteiger partial charge in [0.15, 0.2) is 0 Å². The molecule has 0 spiro atoms. The van der Waals surface area contributed by atoms with Gasteiger partial charge in [-0.25, -0.2) is 0 Å². The molecule has 2 amide bonds. The summed E-state index contributed by atoms with van der Waals surface area (Å²) in [7, 11) is 0. The topological polar surface area (TPSA) is 94.5 Å². The van der Waals surface area contributed by atoms with Gasteiger partial charge < -0.3 is 24.1 Å². The molecule has 5 aromatic carbocycles. The first-order chi connectivity index (χ1) is 32.2. The van der Waals surface area contributed by atoms with Gasteiger partial charge in [0.05, 0.1) is 74.1 Å². The highest BCUT2D eigenvalue weighted by atomic mass is 16.5. The fourth-order valence-electron chi connectivity index (χ4n) is 8.76. The van der Waals surface area contributed by atoms with Gasteiger partial charge in [0, 0.05) is 19.3 Å². The van der Waals surface area contributed by atoms with Crippen LogP contribution in [0.2, 0.25) is 0 Å². The summed E-state index contributed by atoms with van der Waals surface area (Å²) in [5.41, 5.74) is 5.09. The number of fused-ring (bicyclic) bond motifs is 1. The van der Waals surface area contributed by atoms with Crippen LogP contribution in [0.25, 0.3) is 0 Å². The van der Waals surface area contributed by atoms with E-state index in [0.717, 1.165) is 54.4 Å². The molecule has 66 heavy (non-hydrogen) atoms. The Labute approximate surface area is 393 Å². The molecule has 8 heteroatoms. The van der Waals surface area contributed by atoms with Crippen LogP contribution in [-0.2, 0) is 45.4 Å². The number of benzene rings is 5. The lowest BCUT2D eigenvalue weighted by molar-refractivity contribution is -0.117. The maximum absolute atomic E-state index is 13.5. The van der Waals surface area contributed by atoms with Crippen molar-refractivity contribution in [2.24, 2.45) is 11.8 Å². The van der Waals surface area contributed by atoms with Crippen LogP contribution in [0, 0.1) is 23.7 Å². The average Bonchev–Trinajstić information content (AvgIpc) is 3.60. The Morgan fingerprint density at radius 2 is 0.970 bits per heavy atom. The first-order valence-electron chi connectivity index (χ1n) is 23.9. The summed E-state index contributed by atoms with van der Waals surface area (Å²) < 4.78 is 26.7. The molecule has 8 atom stereocenters. The van der Waals surface area contributed by atoms with Crippen molar-refractivity contribution < 1.29 is 33.6 Å². The van der Waals surface area contributed by atoms with Gasteiger partial charge in [-0.2, -0.15) is 0 Å². The molecule has 1 aliphatic heterocycles. The Morgan fingerprint density at radius 1 is 0.530 bits per heavy atom. The van der Waals surface area contributed by atoms with E-state index in [1.165, 1.54) is 4.90 Å². The highest BCUT2D eigenvalue weighted by Crippen LogP contribution is 2.30. The number of amides is 2. The molecule has 0 fully saturated rings. The maximum Gasteiger partial charge on any atom is 0.261 e. The fourth-order valence-corrected chi connectivity index (χ4v) is 8.76. The molecule has 1 aliphatic rings. The fraction of sp³-hybridized carbons (Fsp3) is 0.414. The molecule has 5 aromatic rings. The van der Waals surface area contributed by atoms with Crippen LogP contribution < -0.4 is 0 Å². The molecule has 0 unspecified atom stereocenters. The van der Waals surface area contributed by atoms with Crippen molar-refractivity contribution in [2.45, 2.75) is 142 Å². The molecule has 0 aliphatic carbocycles. The van der Waals surface area contributed by atoms with Gasteiger partial charge in [-0.15, -0.1) is 11.8 Å². The lowest BCUT2D eigenvalue weighted by atomic mass is 9.87. The van der Waals surface area contributed by atoms with Gasteiger partial charge in [-0.1, -0.05) is 167 Å². The van der Waals surface area contributed by atoms with E-state index in [1.807, 2.05) is 67.6 Å². The number of carbonyl (C=O) groups excluding carboxylic acids is 2. The number of hydrogen-bond acceptors (Lipinski definition) is 7. The monoisotopic (exact) mass is 892 g/mol. The first kappa shape index (κ1) is 50.0. The smallest absolute Gasteiger partial charge is 0.261 e. The predicted octanol–water partition coefficient (Wildman–Crippen LogP) is 11.8. The average molecular weight is 892 g/mol. The minimum atomic E-state index is -0.858. The number of unbranched alkanes of at least 4 members (excludes halogenated alkanes) is 1. The Bertz CT molecular complexity index is 2210. The number of carbonyl (C=O) groups is 2. The highest BCUT2D eigenvalue weighted by molar-refractivity contribution is 6.21. The largest absolute Gasteiger partial charge is 0.392 e. The summed E-state index contributed by atoms with van der Waals surface area (Å²) in [5.74, 6) is 6.40. The zero-order valence-electron chi connectivity index (χ0n) is 39.3. The number of imide groups is 1. The third kappa shape index (κ3) is 15.3. The molecule has 8 nitrogen and oxygen atoms in total.